The standard InChI is InChI=1S/C15H28N4/c1-4-9-18(14-5-7-16-8-6-14)11-15-10-17-12-19(15)13(2)3/h10,12-14,16H,4-9,11H2,1-3H3. The second-order valence-corrected chi connectivity index (χ2v) is 5.84. The largest absolute Gasteiger partial charge is 0.331 e. The predicted octanol–water partition coefficient (Wildman–Crippen LogP) is 2.43. The molecule has 2 heterocycles. The Morgan fingerprint density at radius 1 is 1.42 bits per heavy atom. The summed E-state index contributed by atoms with van der Waals surface area (Å²) >= 11 is 0. The number of aromatic nitrogens is 2. The second-order valence-electron chi connectivity index (χ2n) is 5.84. The van der Waals surface area contributed by atoms with E-state index in [9.17, 15) is 0 Å². The molecule has 4 heteroatoms. The number of imidazole rings is 1. The van der Waals surface area contributed by atoms with Gasteiger partial charge in [-0.05, 0) is 52.7 Å². The molecule has 1 N–H and O–H groups in total. The topological polar surface area (TPSA) is 33.1 Å². The summed E-state index contributed by atoms with van der Waals surface area (Å²) < 4.78 is 2.30. The maximum Gasteiger partial charge on any atom is 0.0951 e. The number of rotatable bonds is 6. The van der Waals surface area contributed by atoms with Crippen molar-refractivity contribution in [3.05, 3.63) is 18.2 Å². The third-order valence-corrected chi connectivity index (χ3v) is 4.00. The number of nitrogens with one attached hydrogen (secondary N) is 1. The summed E-state index contributed by atoms with van der Waals surface area (Å²) in [7, 11) is 0. The average Bonchev–Trinajstić information content (AvgIpc) is 2.88. The fourth-order valence-corrected chi connectivity index (χ4v) is 2.98. The van der Waals surface area contributed by atoms with Crippen LogP contribution in [0.1, 0.15) is 51.8 Å². The van der Waals surface area contributed by atoms with E-state index in [0.717, 1.165) is 25.7 Å². The molecule has 1 aliphatic heterocycles. The van der Waals surface area contributed by atoms with Crippen molar-refractivity contribution in [2.24, 2.45) is 0 Å². The van der Waals surface area contributed by atoms with E-state index in [4.69, 9.17) is 0 Å². The summed E-state index contributed by atoms with van der Waals surface area (Å²) in [4.78, 5) is 6.98. The van der Waals surface area contributed by atoms with Crippen LogP contribution in [0.5, 0.6) is 0 Å². The Morgan fingerprint density at radius 3 is 2.79 bits per heavy atom. The van der Waals surface area contributed by atoms with E-state index in [2.05, 4.69) is 40.5 Å². The van der Waals surface area contributed by atoms with Crippen LogP contribution in [0.15, 0.2) is 12.5 Å². The number of nitrogens with zero attached hydrogens (tertiary/aromatic N) is 3. The van der Waals surface area contributed by atoms with Crippen LogP contribution in [0, 0.1) is 0 Å². The third kappa shape index (κ3) is 3.80. The Kier molecular flexibility index (Phi) is 5.40. The van der Waals surface area contributed by atoms with Gasteiger partial charge in [-0.2, -0.15) is 0 Å². The van der Waals surface area contributed by atoms with Gasteiger partial charge in [-0.25, -0.2) is 4.98 Å². The molecule has 0 aliphatic carbocycles. The van der Waals surface area contributed by atoms with Crippen molar-refractivity contribution in [1.82, 2.24) is 19.8 Å². The summed E-state index contributed by atoms with van der Waals surface area (Å²) in [6.45, 7) is 11.3. The van der Waals surface area contributed by atoms with Gasteiger partial charge in [0.25, 0.3) is 0 Å². The van der Waals surface area contributed by atoms with Crippen LogP contribution in [0.2, 0.25) is 0 Å². The normalized spacial score (nSPS) is 17.5. The molecular weight excluding hydrogens is 236 g/mol. The first-order valence-electron chi connectivity index (χ1n) is 7.67. The second kappa shape index (κ2) is 7.06. The summed E-state index contributed by atoms with van der Waals surface area (Å²) in [6.07, 6.45) is 7.77. The van der Waals surface area contributed by atoms with E-state index < -0.39 is 0 Å². The van der Waals surface area contributed by atoms with Gasteiger partial charge in [0.1, 0.15) is 0 Å². The van der Waals surface area contributed by atoms with Crippen molar-refractivity contribution < 1.29 is 0 Å². The molecular formula is C15H28N4. The van der Waals surface area contributed by atoms with Gasteiger partial charge < -0.3 is 9.88 Å². The molecule has 0 spiro atoms. The van der Waals surface area contributed by atoms with Crippen LogP contribution in [0.4, 0.5) is 0 Å². The number of hydrogen-bond donors (Lipinski definition) is 1. The fraction of sp³-hybridized carbons (Fsp3) is 0.800. The monoisotopic (exact) mass is 264 g/mol. The van der Waals surface area contributed by atoms with Gasteiger partial charge in [0, 0.05) is 24.8 Å². The zero-order valence-corrected chi connectivity index (χ0v) is 12.6. The zero-order valence-electron chi connectivity index (χ0n) is 12.6. The van der Waals surface area contributed by atoms with Crippen LogP contribution in [-0.2, 0) is 6.54 Å². The summed E-state index contributed by atoms with van der Waals surface area (Å²) in [5, 5.41) is 3.46. The lowest BCUT2D eigenvalue weighted by Gasteiger charge is -2.34. The van der Waals surface area contributed by atoms with E-state index in [1.165, 1.54) is 31.5 Å². The van der Waals surface area contributed by atoms with Crippen molar-refractivity contribution >= 4 is 0 Å². The zero-order chi connectivity index (χ0) is 13.7. The minimum Gasteiger partial charge on any atom is -0.331 e. The lowest BCUT2D eigenvalue weighted by Crippen LogP contribution is -2.43. The van der Waals surface area contributed by atoms with E-state index in [1.807, 2.05) is 12.5 Å². The van der Waals surface area contributed by atoms with Crippen LogP contribution < -0.4 is 5.32 Å². The third-order valence-electron chi connectivity index (χ3n) is 4.00. The minimum absolute atomic E-state index is 0.494. The van der Waals surface area contributed by atoms with Gasteiger partial charge in [0.2, 0.25) is 0 Å². The van der Waals surface area contributed by atoms with Gasteiger partial charge in [0.15, 0.2) is 0 Å². The van der Waals surface area contributed by atoms with E-state index in [0.29, 0.717) is 6.04 Å². The van der Waals surface area contributed by atoms with Gasteiger partial charge in [-0.1, -0.05) is 6.92 Å². The highest BCUT2D eigenvalue weighted by Gasteiger charge is 2.21. The highest BCUT2D eigenvalue weighted by molar-refractivity contribution is 5.00. The molecule has 0 unspecified atom stereocenters. The van der Waals surface area contributed by atoms with Crippen molar-refractivity contribution in [1.29, 1.82) is 0 Å². The van der Waals surface area contributed by atoms with E-state index in [1.54, 1.807) is 0 Å². The van der Waals surface area contributed by atoms with Gasteiger partial charge >= 0.3 is 0 Å². The van der Waals surface area contributed by atoms with Crippen LogP contribution in [0.3, 0.4) is 0 Å². The highest BCUT2D eigenvalue weighted by atomic mass is 15.2. The first kappa shape index (κ1) is 14.5. The molecule has 4 nitrogen and oxygen atoms in total. The summed E-state index contributed by atoms with van der Waals surface area (Å²) in [5.41, 5.74) is 1.35. The molecule has 19 heavy (non-hydrogen) atoms. The Labute approximate surface area is 117 Å². The summed E-state index contributed by atoms with van der Waals surface area (Å²) in [6, 6.07) is 1.23. The molecule has 0 atom stereocenters. The summed E-state index contributed by atoms with van der Waals surface area (Å²) in [5.74, 6) is 0. The highest BCUT2D eigenvalue weighted by Crippen LogP contribution is 2.18. The quantitative estimate of drug-likeness (QED) is 0.856. The molecule has 1 aliphatic rings. The van der Waals surface area contributed by atoms with Crippen LogP contribution in [0.25, 0.3) is 0 Å². The van der Waals surface area contributed by atoms with Crippen molar-refractivity contribution in [3.8, 4) is 0 Å². The minimum atomic E-state index is 0.494. The average molecular weight is 264 g/mol. The number of piperidine rings is 1. The van der Waals surface area contributed by atoms with Crippen LogP contribution in [-0.4, -0.2) is 40.1 Å². The van der Waals surface area contributed by atoms with E-state index >= 15 is 0 Å². The molecule has 0 saturated carbocycles. The molecule has 2 rings (SSSR count). The molecule has 0 bridgehead atoms. The Hall–Kier alpha value is -0.870. The van der Waals surface area contributed by atoms with Crippen LogP contribution >= 0.6 is 0 Å². The predicted molar refractivity (Wildman–Crippen MR) is 79.2 cm³/mol. The lowest BCUT2D eigenvalue weighted by molar-refractivity contribution is 0.150. The van der Waals surface area contributed by atoms with Gasteiger partial charge in [-0.3, -0.25) is 4.90 Å². The molecule has 1 aromatic rings. The van der Waals surface area contributed by atoms with Crippen molar-refractivity contribution in [2.75, 3.05) is 19.6 Å². The molecule has 1 aromatic heterocycles. The Bertz CT molecular complexity index is 366. The molecule has 0 amide bonds. The molecule has 0 radical (unpaired) electrons. The molecule has 1 fully saturated rings. The number of hydrogen-bond acceptors (Lipinski definition) is 3. The molecule has 1 saturated heterocycles. The smallest absolute Gasteiger partial charge is 0.0951 e. The Morgan fingerprint density at radius 2 is 2.16 bits per heavy atom. The first-order chi connectivity index (χ1) is 9.22. The first-order valence-corrected chi connectivity index (χ1v) is 7.67. The van der Waals surface area contributed by atoms with Gasteiger partial charge in [0.05, 0.1) is 12.0 Å². The molecule has 108 valence electrons. The van der Waals surface area contributed by atoms with E-state index in [-0.39, 0.29) is 0 Å². The van der Waals surface area contributed by atoms with Crippen molar-refractivity contribution in [3.63, 3.8) is 0 Å². The Balaban J connectivity index is 2.04. The lowest BCUT2D eigenvalue weighted by atomic mass is 10.0. The fourth-order valence-electron chi connectivity index (χ4n) is 2.98. The molecule has 0 aromatic carbocycles. The maximum absolute atomic E-state index is 4.33. The SMILES string of the molecule is CCCN(Cc1cncn1C(C)C)C1CCNCC1. The van der Waals surface area contributed by atoms with Crippen molar-refractivity contribution in [2.45, 2.75) is 58.7 Å². The maximum atomic E-state index is 4.33. The van der Waals surface area contributed by atoms with Gasteiger partial charge in [-0.15, -0.1) is 0 Å².